The number of amides is 2. The Bertz CT molecular complexity index is 1230. The number of hydrogen-bond donors (Lipinski definition) is 3. The number of carbonyl (C=O) groups is 1. The van der Waals surface area contributed by atoms with Crippen molar-refractivity contribution in [2.45, 2.75) is 6.42 Å². The van der Waals surface area contributed by atoms with Gasteiger partial charge in [0.05, 0.1) is 19.7 Å². The van der Waals surface area contributed by atoms with Crippen LogP contribution in [0.1, 0.15) is 5.56 Å². The van der Waals surface area contributed by atoms with Gasteiger partial charge in [0.1, 0.15) is 18.0 Å². The zero-order valence-electron chi connectivity index (χ0n) is 18.3. The maximum Gasteiger partial charge on any atom is 0.324 e. The molecule has 4 aromatic rings. The molecule has 0 saturated carbocycles. The van der Waals surface area contributed by atoms with Crippen molar-refractivity contribution >= 4 is 34.3 Å². The summed E-state index contributed by atoms with van der Waals surface area (Å²) in [6, 6.07) is 16.3. The van der Waals surface area contributed by atoms with Gasteiger partial charge in [0, 0.05) is 29.9 Å². The molecule has 2 amide bonds. The van der Waals surface area contributed by atoms with Crippen molar-refractivity contribution in [3.63, 3.8) is 0 Å². The smallest absolute Gasteiger partial charge is 0.324 e. The third-order valence-corrected chi connectivity index (χ3v) is 4.94. The lowest BCUT2D eigenvalue weighted by atomic mass is 10.2. The van der Waals surface area contributed by atoms with Crippen LogP contribution in [-0.2, 0) is 6.42 Å². The minimum Gasteiger partial charge on any atom is -0.493 e. The molecule has 0 bridgehead atoms. The molecular weight excluding hydrogens is 420 g/mol. The van der Waals surface area contributed by atoms with Crippen LogP contribution >= 0.6 is 0 Å². The number of rotatable bonds is 8. The van der Waals surface area contributed by atoms with Crippen LogP contribution in [0, 0.1) is 0 Å². The summed E-state index contributed by atoms with van der Waals surface area (Å²) < 4.78 is 10.7. The lowest BCUT2D eigenvalue weighted by Crippen LogP contribution is -2.20. The highest BCUT2D eigenvalue weighted by Gasteiger charge is 2.11. The number of pyridine rings is 1. The van der Waals surface area contributed by atoms with Crippen LogP contribution in [0.5, 0.6) is 11.5 Å². The van der Waals surface area contributed by atoms with E-state index in [0.717, 1.165) is 22.9 Å². The molecule has 0 aliphatic carbocycles. The first-order valence-corrected chi connectivity index (χ1v) is 10.3. The topological polar surface area (TPSA) is 110 Å². The van der Waals surface area contributed by atoms with Crippen LogP contribution < -0.4 is 25.4 Å². The fourth-order valence-corrected chi connectivity index (χ4v) is 3.30. The second kappa shape index (κ2) is 10.3. The molecule has 0 atom stereocenters. The number of ether oxygens (including phenoxy) is 2. The highest BCUT2D eigenvalue weighted by atomic mass is 16.5. The van der Waals surface area contributed by atoms with Crippen LogP contribution in [0.4, 0.5) is 22.1 Å². The molecule has 0 aliphatic heterocycles. The number of fused-ring (bicyclic) bond motifs is 1. The van der Waals surface area contributed by atoms with E-state index >= 15 is 0 Å². The second-order valence-corrected chi connectivity index (χ2v) is 7.12. The second-order valence-electron chi connectivity index (χ2n) is 7.12. The van der Waals surface area contributed by atoms with E-state index in [9.17, 15) is 4.79 Å². The van der Waals surface area contributed by atoms with Gasteiger partial charge in [0.25, 0.3) is 0 Å². The number of urea groups is 1. The summed E-state index contributed by atoms with van der Waals surface area (Å²) in [5.74, 6) is 2.42. The maximum absolute atomic E-state index is 12.1. The number of nitrogens with one attached hydrogen (secondary N) is 3. The molecule has 9 nitrogen and oxygen atoms in total. The molecule has 168 valence electrons. The van der Waals surface area contributed by atoms with Gasteiger partial charge in [-0.15, -0.1) is 0 Å². The molecule has 2 heterocycles. The normalized spacial score (nSPS) is 10.5. The van der Waals surface area contributed by atoms with Gasteiger partial charge in [-0.2, -0.15) is 0 Å². The molecule has 0 saturated heterocycles. The average molecular weight is 444 g/mol. The van der Waals surface area contributed by atoms with Crippen LogP contribution in [0.3, 0.4) is 0 Å². The molecule has 3 N–H and O–H groups in total. The summed E-state index contributed by atoms with van der Waals surface area (Å²) in [5, 5.41) is 9.67. The van der Waals surface area contributed by atoms with Gasteiger partial charge < -0.3 is 20.1 Å². The molecule has 0 radical (unpaired) electrons. The first-order valence-electron chi connectivity index (χ1n) is 10.3. The number of benzene rings is 2. The van der Waals surface area contributed by atoms with Crippen LogP contribution in [0.25, 0.3) is 10.9 Å². The number of methoxy groups -OCH3 is 2. The Morgan fingerprint density at radius 2 is 1.70 bits per heavy atom. The summed E-state index contributed by atoms with van der Waals surface area (Å²) in [6.45, 7) is 0.642. The van der Waals surface area contributed by atoms with Crippen LogP contribution in [0.2, 0.25) is 0 Å². The standard InChI is InChI=1S/C24H24N6O3/c1-32-20-12-18-19(13-21(20)33-2)27-15-28-23(18)25-11-10-16-8-9-22(26-14-16)30-24(31)29-17-6-4-3-5-7-17/h3-9,12-15H,10-11H2,1-2H3,(H,25,27,28)(H2,26,29,30,31). The zero-order valence-corrected chi connectivity index (χ0v) is 18.3. The fraction of sp³-hybridized carbons (Fsp3) is 0.167. The number of carbonyl (C=O) groups excluding carboxylic acids is 1. The third kappa shape index (κ3) is 5.45. The molecule has 4 rings (SSSR count). The quantitative estimate of drug-likeness (QED) is 0.371. The maximum atomic E-state index is 12.1. The Morgan fingerprint density at radius 1 is 0.909 bits per heavy atom. The monoisotopic (exact) mass is 444 g/mol. The lowest BCUT2D eigenvalue weighted by Gasteiger charge is -2.12. The van der Waals surface area contributed by atoms with E-state index in [2.05, 4.69) is 30.9 Å². The lowest BCUT2D eigenvalue weighted by molar-refractivity contribution is 0.262. The first-order chi connectivity index (χ1) is 16.2. The minimum atomic E-state index is -0.342. The van der Waals surface area contributed by atoms with Crippen molar-refractivity contribution in [1.29, 1.82) is 0 Å². The van der Waals surface area contributed by atoms with Gasteiger partial charge in [0.2, 0.25) is 0 Å². The molecule has 0 unspecified atom stereocenters. The van der Waals surface area contributed by atoms with Crippen LogP contribution in [-0.4, -0.2) is 41.7 Å². The van der Waals surface area contributed by atoms with E-state index < -0.39 is 0 Å². The predicted octanol–water partition coefficient (Wildman–Crippen LogP) is 4.34. The van der Waals surface area contributed by atoms with E-state index in [1.54, 1.807) is 26.5 Å². The van der Waals surface area contributed by atoms with Gasteiger partial charge >= 0.3 is 6.03 Å². The van der Waals surface area contributed by atoms with Gasteiger partial charge in [-0.1, -0.05) is 24.3 Å². The molecule has 0 aliphatic rings. The summed E-state index contributed by atoms with van der Waals surface area (Å²) in [5.41, 5.74) is 2.50. The molecule has 2 aromatic heterocycles. The minimum absolute atomic E-state index is 0.342. The molecule has 0 spiro atoms. The Morgan fingerprint density at radius 3 is 2.42 bits per heavy atom. The third-order valence-electron chi connectivity index (χ3n) is 4.94. The first kappa shape index (κ1) is 21.8. The highest BCUT2D eigenvalue weighted by Crippen LogP contribution is 2.33. The largest absolute Gasteiger partial charge is 0.493 e. The molecule has 2 aromatic carbocycles. The van der Waals surface area contributed by atoms with Crippen molar-refractivity contribution in [2.75, 3.05) is 36.7 Å². The molecule has 0 fully saturated rings. The van der Waals surface area contributed by atoms with Gasteiger partial charge in [-0.3, -0.25) is 5.32 Å². The van der Waals surface area contributed by atoms with Gasteiger partial charge in [0.15, 0.2) is 11.5 Å². The van der Waals surface area contributed by atoms with Gasteiger partial charge in [-0.05, 0) is 36.2 Å². The SMILES string of the molecule is COc1cc2ncnc(NCCc3ccc(NC(=O)Nc4ccccc4)nc3)c2cc1OC. The van der Waals surface area contributed by atoms with Gasteiger partial charge in [-0.25, -0.2) is 19.7 Å². The fourth-order valence-electron chi connectivity index (χ4n) is 3.30. The number of hydrogen-bond acceptors (Lipinski definition) is 7. The summed E-state index contributed by atoms with van der Waals surface area (Å²) in [7, 11) is 3.19. The van der Waals surface area contributed by atoms with E-state index in [0.29, 0.717) is 35.4 Å². The Labute approximate surface area is 191 Å². The van der Waals surface area contributed by atoms with Crippen molar-refractivity contribution < 1.29 is 14.3 Å². The van der Waals surface area contributed by atoms with E-state index in [1.165, 1.54) is 6.33 Å². The number of anilines is 3. The average Bonchev–Trinajstić information content (AvgIpc) is 2.85. The number of nitrogens with zero attached hydrogens (tertiary/aromatic N) is 3. The number of para-hydroxylation sites is 1. The van der Waals surface area contributed by atoms with Crippen LogP contribution in [0.15, 0.2) is 67.1 Å². The number of aromatic nitrogens is 3. The molecule has 33 heavy (non-hydrogen) atoms. The molecular formula is C24H24N6O3. The van der Waals surface area contributed by atoms with E-state index in [4.69, 9.17) is 9.47 Å². The van der Waals surface area contributed by atoms with Crippen molar-refractivity contribution in [3.05, 3.63) is 72.7 Å². The highest BCUT2D eigenvalue weighted by molar-refractivity contribution is 5.99. The van der Waals surface area contributed by atoms with Crippen molar-refractivity contribution in [1.82, 2.24) is 15.0 Å². The summed E-state index contributed by atoms with van der Waals surface area (Å²) >= 11 is 0. The van der Waals surface area contributed by atoms with E-state index in [-0.39, 0.29) is 6.03 Å². The Kier molecular flexibility index (Phi) is 6.79. The summed E-state index contributed by atoms with van der Waals surface area (Å²) in [6.07, 6.45) is 3.98. The van der Waals surface area contributed by atoms with E-state index in [1.807, 2.05) is 48.5 Å². The zero-order chi connectivity index (χ0) is 23.0. The summed E-state index contributed by atoms with van der Waals surface area (Å²) in [4.78, 5) is 25.1. The Balaban J connectivity index is 1.34. The Hall–Kier alpha value is -4.40. The molecule has 9 heteroatoms. The van der Waals surface area contributed by atoms with Crippen molar-refractivity contribution in [2.24, 2.45) is 0 Å². The predicted molar refractivity (Wildman–Crippen MR) is 128 cm³/mol. The van der Waals surface area contributed by atoms with Crippen molar-refractivity contribution in [3.8, 4) is 11.5 Å².